The fraction of sp³-hybridized carbons (Fsp3) is 0.846. The van der Waals surface area contributed by atoms with E-state index in [1.807, 2.05) is 6.92 Å². The molecule has 100 valence electrons. The van der Waals surface area contributed by atoms with Gasteiger partial charge in [-0.05, 0) is 32.6 Å². The van der Waals surface area contributed by atoms with Crippen molar-refractivity contribution >= 4 is 22.8 Å². The number of nitrogens with one attached hydrogen (secondary N) is 2. The molecule has 3 rings (SSSR count). The zero-order valence-corrected chi connectivity index (χ0v) is 11.7. The third-order valence-corrected chi connectivity index (χ3v) is 5.21. The Morgan fingerprint density at radius 1 is 1.50 bits per heavy atom. The minimum atomic E-state index is -0.267. The predicted octanol–water partition coefficient (Wildman–Crippen LogP) is 1.66. The first-order valence-electron chi connectivity index (χ1n) is 6.96. The van der Waals surface area contributed by atoms with Crippen LogP contribution in [0.5, 0.6) is 0 Å². The number of hydrogen-bond donors (Lipinski definition) is 2. The lowest BCUT2D eigenvalue weighted by atomic mass is 10.0. The number of aliphatic imine (C=N–C) groups is 1. The van der Waals surface area contributed by atoms with Crippen LogP contribution in [0.15, 0.2) is 4.99 Å². The van der Waals surface area contributed by atoms with Gasteiger partial charge in [-0.15, -0.1) is 0 Å². The van der Waals surface area contributed by atoms with Gasteiger partial charge in [-0.2, -0.15) is 0 Å². The molecule has 18 heavy (non-hydrogen) atoms. The molecule has 0 radical (unpaired) electrons. The van der Waals surface area contributed by atoms with Crippen LogP contribution in [0, 0.1) is 0 Å². The number of amides is 1. The van der Waals surface area contributed by atoms with Gasteiger partial charge in [0, 0.05) is 17.3 Å². The third kappa shape index (κ3) is 2.66. The lowest BCUT2D eigenvalue weighted by molar-refractivity contribution is -0.122. The maximum absolute atomic E-state index is 11.8. The third-order valence-electron chi connectivity index (χ3n) is 4.03. The summed E-state index contributed by atoms with van der Waals surface area (Å²) in [5.41, 5.74) is 0.288. The number of thioether (sulfide) groups is 1. The van der Waals surface area contributed by atoms with Crippen LogP contribution in [0.25, 0.3) is 0 Å². The summed E-state index contributed by atoms with van der Waals surface area (Å²) in [7, 11) is 0. The van der Waals surface area contributed by atoms with E-state index in [1.54, 1.807) is 11.8 Å². The average molecular weight is 267 g/mol. The van der Waals surface area contributed by atoms with Crippen LogP contribution in [0.2, 0.25) is 0 Å². The summed E-state index contributed by atoms with van der Waals surface area (Å²) in [6.07, 6.45) is 7.40. The number of hydrogen-bond acceptors (Lipinski definition) is 3. The van der Waals surface area contributed by atoms with Crippen molar-refractivity contribution in [1.82, 2.24) is 10.6 Å². The van der Waals surface area contributed by atoms with Crippen molar-refractivity contribution < 1.29 is 4.79 Å². The van der Waals surface area contributed by atoms with E-state index in [0.29, 0.717) is 6.04 Å². The summed E-state index contributed by atoms with van der Waals surface area (Å²) in [6.45, 7) is 1.88. The topological polar surface area (TPSA) is 53.5 Å². The molecule has 1 heterocycles. The molecule has 3 fully saturated rings. The van der Waals surface area contributed by atoms with E-state index in [1.165, 1.54) is 25.7 Å². The van der Waals surface area contributed by atoms with Crippen LogP contribution in [-0.4, -0.2) is 34.5 Å². The Hall–Kier alpha value is -0.710. The molecule has 1 atom stereocenters. The molecule has 0 aromatic carbocycles. The fourth-order valence-electron chi connectivity index (χ4n) is 2.68. The molecule has 2 aliphatic carbocycles. The van der Waals surface area contributed by atoms with Gasteiger partial charge >= 0.3 is 0 Å². The Morgan fingerprint density at radius 3 is 2.89 bits per heavy atom. The van der Waals surface area contributed by atoms with Gasteiger partial charge in [-0.1, -0.05) is 24.6 Å². The Morgan fingerprint density at radius 2 is 2.22 bits per heavy atom. The molecule has 2 N–H and O–H groups in total. The summed E-state index contributed by atoms with van der Waals surface area (Å²) < 4.78 is 0. The summed E-state index contributed by atoms with van der Waals surface area (Å²) in [5.74, 6) is 1.18. The molecule has 1 spiro atoms. The molecule has 0 bridgehead atoms. The maximum atomic E-state index is 11.8. The summed E-state index contributed by atoms with van der Waals surface area (Å²) in [5, 5.41) is 7.53. The molecule has 1 saturated heterocycles. The van der Waals surface area contributed by atoms with Crippen LogP contribution in [0.1, 0.15) is 45.4 Å². The van der Waals surface area contributed by atoms with E-state index >= 15 is 0 Å². The minimum Gasteiger partial charge on any atom is -0.359 e. The van der Waals surface area contributed by atoms with Crippen molar-refractivity contribution in [3.63, 3.8) is 0 Å². The van der Waals surface area contributed by atoms with E-state index in [2.05, 4.69) is 15.6 Å². The van der Waals surface area contributed by atoms with Crippen LogP contribution in [0.4, 0.5) is 0 Å². The number of amidine groups is 1. The molecule has 5 heteroatoms. The van der Waals surface area contributed by atoms with Gasteiger partial charge in [0.1, 0.15) is 6.04 Å². The Kier molecular flexibility index (Phi) is 3.26. The van der Waals surface area contributed by atoms with Gasteiger partial charge in [0.15, 0.2) is 5.17 Å². The van der Waals surface area contributed by atoms with Crippen molar-refractivity contribution in [3.8, 4) is 0 Å². The second kappa shape index (κ2) is 4.76. The fourth-order valence-corrected chi connectivity index (χ4v) is 3.98. The van der Waals surface area contributed by atoms with Crippen molar-refractivity contribution in [2.45, 2.75) is 63.1 Å². The van der Waals surface area contributed by atoms with Crippen molar-refractivity contribution in [1.29, 1.82) is 0 Å². The highest BCUT2D eigenvalue weighted by Gasteiger charge is 2.39. The standard InChI is InChI=1S/C13H21N3OS/c1-9(11(17)15-10-4-5-10)14-12-16-13(8-18-12)6-2-3-7-13/h9-10H,2-8H2,1H3,(H,14,16)(H,15,17). The average Bonchev–Trinajstić information content (AvgIpc) is 2.90. The molecule has 2 saturated carbocycles. The number of carbonyl (C=O) groups is 1. The predicted molar refractivity (Wildman–Crippen MR) is 74.9 cm³/mol. The summed E-state index contributed by atoms with van der Waals surface area (Å²) in [4.78, 5) is 16.4. The molecule has 4 nitrogen and oxygen atoms in total. The van der Waals surface area contributed by atoms with Gasteiger partial charge in [0.25, 0.3) is 0 Å². The van der Waals surface area contributed by atoms with E-state index in [9.17, 15) is 4.79 Å². The van der Waals surface area contributed by atoms with E-state index < -0.39 is 0 Å². The quantitative estimate of drug-likeness (QED) is 0.817. The van der Waals surface area contributed by atoms with Gasteiger partial charge in [0.05, 0.1) is 0 Å². The highest BCUT2D eigenvalue weighted by atomic mass is 32.2. The molecular formula is C13H21N3OS. The molecule has 1 amide bonds. The Labute approximate surface area is 112 Å². The highest BCUT2D eigenvalue weighted by Crippen LogP contribution is 2.37. The zero-order chi connectivity index (χ0) is 12.6. The lowest BCUT2D eigenvalue weighted by Crippen LogP contribution is -2.41. The lowest BCUT2D eigenvalue weighted by Gasteiger charge is -2.22. The summed E-state index contributed by atoms with van der Waals surface area (Å²) >= 11 is 1.78. The molecule has 1 unspecified atom stereocenters. The SMILES string of the molecule is CC(N=C1NC2(CCCC2)CS1)C(=O)NC1CC1. The number of nitrogens with zero attached hydrogens (tertiary/aromatic N) is 1. The van der Waals surface area contributed by atoms with Crippen molar-refractivity contribution in [3.05, 3.63) is 0 Å². The molecule has 0 aromatic heterocycles. The smallest absolute Gasteiger partial charge is 0.244 e. The Bertz CT molecular complexity index is 372. The van der Waals surface area contributed by atoms with Gasteiger partial charge in [-0.25, -0.2) is 4.99 Å². The monoisotopic (exact) mass is 267 g/mol. The van der Waals surface area contributed by atoms with E-state index in [0.717, 1.165) is 23.8 Å². The second-order valence-corrected chi connectivity index (χ2v) is 6.76. The number of rotatable bonds is 3. The molecular weight excluding hydrogens is 246 g/mol. The van der Waals surface area contributed by atoms with Crippen molar-refractivity contribution in [2.75, 3.05) is 5.75 Å². The second-order valence-electron chi connectivity index (χ2n) is 5.79. The minimum absolute atomic E-state index is 0.0692. The van der Waals surface area contributed by atoms with Gasteiger partial charge in [0.2, 0.25) is 5.91 Å². The van der Waals surface area contributed by atoms with Gasteiger partial charge in [-0.3, -0.25) is 4.79 Å². The van der Waals surface area contributed by atoms with Crippen LogP contribution >= 0.6 is 11.8 Å². The van der Waals surface area contributed by atoms with Crippen molar-refractivity contribution in [2.24, 2.45) is 4.99 Å². The van der Waals surface area contributed by atoms with Crippen LogP contribution in [-0.2, 0) is 4.79 Å². The summed E-state index contributed by atoms with van der Waals surface area (Å²) in [6, 6.07) is 0.155. The van der Waals surface area contributed by atoms with Gasteiger partial charge < -0.3 is 10.6 Å². The zero-order valence-electron chi connectivity index (χ0n) is 10.9. The first kappa shape index (κ1) is 12.3. The normalized spacial score (nSPS) is 29.5. The maximum Gasteiger partial charge on any atom is 0.244 e. The first-order chi connectivity index (χ1) is 8.67. The van der Waals surface area contributed by atoms with Crippen LogP contribution < -0.4 is 10.6 Å². The Balaban J connectivity index is 1.57. The molecule has 3 aliphatic rings. The highest BCUT2D eigenvalue weighted by molar-refractivity contribution is 8.14. The van der Waals surface area contributed by atoms with E-state index in [-0.39, 0.29) is 17.5 Å². The van der Waals surface area contributed by atoms with Crippen LogP contribution in [0.3, 0.4) is 0 Å². The largest absolute Gasteiger partial charge is 0.359 e. The number of carbonyl (C=O) groups excluding carboxylic acids is 1. The molecule has 1 aliphatic heterocycles. The van der Waals surface area contributed by atoms with E-state index in [4.69, 9.17) is 0 Å². The molecule has 0 aromatic rings. The first-order valence-corrected chi connectivity index (χ1v) is 7.95.